The summed E-state index contributed by atoms with van der Waals surface area (Å²) in [5.74, 6) is 0.135. The lowest BCUT2D eigenvalue weighted by Crippen LogP contribution is -2.35. The van der Waals surface area contributed by atoms with E-state index in [4.69, 9.17) is 4.74 Å². The second-order valence-corrected chi connectivity index (χ2v) is 7.96. The molecule has 27 heavy (non-hydrogen) atoms. The van der Waals surface area contributed by atoms with E-state index in [0.717, 1.165) is 48.8 Å². The number of urea groups is 1. The zero-order valence-corrected chi connectivity index (χ0v) is 15.4. The van der Waals surface area contributed by atoms with E-state index in [1.165, 1.54) is 10.9 Å². The summed E-state index contributed by atoms with van der Waals surface area (Å²) < 4.78 is 33.5. The lowest BCUT2D eigenvalue weighted by Gasteiger charge is -2.17. The summed E-state index contributed by atoms with van der Waals surface area (Å²) in [6.45, 7) is 2.24. The predicted octanol–water partition coefficient (Wildman–Crippen LogP) is 1.28. The Kier molecular flexibility index (Phi) is 4.30. The maximum Gasteiger partial charge on any atom is 0.335 e. The lowest BCUT2D eigenvalue weighted by atomic mass is 9.95. The van der Waals surface area contributed by atoms with E-state index in [0.29, 0.717) is 6.54 Å². The van der Waals surface area contributed by atoms with Crippen LogP contribution in [0.4, 0.5) is 10.7 Å². The molecular formula is C16H18N6O4S. The quantitative estimate of drug-likeness (QED) is 0.808. The molecule has 0 saturated heterocycles. The molecule has 2 aromatic heterocycles. The predicted molar refractivity (Wildman–Crippen MR) is 94.7 cm³/mol. The van der Waals surface area contributed by atoms with Gasteiger partial charge >= 0.3 is 6.03 Å². The van der Waals surface area contributed by atoms with Gasteiger partial charge in [-0.1, -0.05) is 0 Å². The third-order valence-corrected chi connectivity index (χ3v) is 5.76. The number of nitrogens with one attached hydrogen (secondary N) is 2. The topological polar surface area (TPSA) is 128 Å². The molecule has 0 saturated carbocycles. The highest BCUT2D eigenvalue weighted by Crippen LogP contribution is 2.26. The molecule has 0 unspecified atom stereocenters. The zero-order valence-electron chi connectivity index (χ0n) is 14.6. The largest absolute Gasteiger partial charge is 0.446 e. The summed E-state index contributed by atoms with van der Waals surface area (Å²) in [7, 11) is -4.17. The van der Waals surface area contributed by atoms with Crippen molar-refractivity contribution >= 4 is 22.0 Å². The van der Waals surface area contributed by atoms with Crippen molar-refractivity contribution in [2.75, 3.05) is 5.32 Å². The number of anilines is 1. The van der Waals surface area contributed by atoms with Crippen molar-refractivity contribution in [2.45, 2.75) is 44.0 Å². The first-order chi connectivity index (χ1) is 12.9. The molecule has 10 nitrogen and oxygen atoms in total. The van der Waals surface area contributed by atoms with E-state index < -0.39 is 16.1 Å². The van der Waals surface area contributed by atoms with Crippen LogP contribution in [0.3, 0.4) is 0 Å². The lowest BCUT2D eigenvalue weighted by molar-refractivity contribution is 0.256. The average Bonchev–Trinajstić information content (AvgIpc) is 3.06. The zero-order chi connectivity index (χ0) is 19.0. The van der Waals surface area contributed by atoms with Gasteiger partial charge < -0.3 is 4.74 Å². The number of amides is 2. The van der Waals surface area contributed by atoms with E-state index in [2.05, 4.69) is 20.4 Å². The number of aromatic nitrogens is 4. The fraction of sp³-hybridized carbons (Fsp3) is 0.375. The van der Waals surface area contributed by atoms with Crippen LogP contribution in [0.25, 0.3) is 0 Å². The number of rotatable bonds is 3. The molecule has 2 aromatic rings. The molecule has 1 aliphatic carbocycles. The molecule has 0 fully saturated rings. The third-order valence-electron chi connectivity index (χ3n) is 4.45. The van der Waals surface area contributed by atoms with Gasteiger partial charge in [-0.05, 0) is 44.2 Å². The molecule has 0 atom stereocenters. The van der Waals surface area contributed by atoms with Crippen LogP contribution in [0.1, 0.15) is 29.8 Å². The van der Waals surface area contributed by atoms with Gasteiger partial charge in [0.05, 0.1) is 19.0 Å². The molecule has 2 N–H and O–H groups in total. The summed E-state index contributed by atoms with van der Waals surface area (Å²) in [6.07, 6.45) is 8.06. The number of fused-ring (bicyclic) bond motifs is 2. The molecule has 1 aliphatic heterocycles. The van der Waals surface area contributed by atoms with Crippen LogP contribution in [0.5, 0.6) is 5.88 Å². The first-order valence-electron chi connectivity index (χ1n) is 8.52. The highest BCUT2D eigenvalue weighted by molar-refractivity contribution is 7.90. The molecule has 0 radical (unpaired) electrons. The van der Waals surface area contributed by atoms with Crippen molar-refractivity contribution in [3.63, 3.8) is 0 Å². The molecule has 2 aliphatic rings. The maximum atomic E-state index is 12.5. The highest BCUT2D eigenvalue weighted by atomic mass is 32.2. The van der Waals surface area contributed by atoms with Crippen LogP contribution in [0.15, 0.2) is 23.4 Å². The maximum absolute atomic E-state index is 12.5. The van der Waals surface area contributed by atoms with E-state index in [1.54, 1.807) is 6.08 Å². The van der Waals surface area contributed by atoms with Crippen LogP contribution in [0, 0.1) is 6.92 Å². The summed E-state index contributed by atoms with van der Waals surface area (Å²) >= 11 is 0. The number of nitrogens with zero attached hydrogens (tertiary/aromatic N) is 4. The van der Waals surface area contributed by atoms with Gasteiger partial charge in [-0.2, -0.15) is 5.10 Å². The SMILES string of the molecule is Cc1nc(NC(=O)NS(=O)(=O)c2cnn3c2OC=CC3)nc2c1CCCC2. The number of carbonyl (C=O) groups excluding carboxylic acids is 1. The molecule has 3 heterocycles. The number of ether oxygens (including phenoxy) is 1. The number of hydrogen-bond acceptors (Lipinski definition) is 7. The Balaban J connectivity index is 1.51. The monoisotopic (exact) mass is 390 g/mol. The van der Waals surface area contributed by atoms with E-state index in [9.17, 15) is 13.2 Å². The van der Waals surface area contributed by atoms with Crippen LogP contribution in [0.2, 0.25) is 0 Å². The Bertz CT molecular complexity index is 1040. The minimum absolute atomic E-state index is 0.0543. The van der Waals surface area contributed by atoms with Gasteiger partial charge in [0.15, 0.2) is 4.90 Å². The molecule has 2 amide bonds. The van der Waals surface area contributed by atoms with Crippen molar-refractivity contribution < 1.29 is 17.9 Å². The van der Waals surface area contributed by atoms with Crippen molar-refractivity contribution in [3.05, 3.63) is 35.5 Å². The number of carbonyl (C=O) groups is 1. The number of aryl methyl sites for hydroxylation is 2. The first-order valence-corrected chi connectivity index (χ1v) is 10.00. The average molecular weight is 390 g/mol. The van der Waals surface area contributed by atoms with Crippen molar-refractivity contribution in [3.8, 4) is 5.88 Å². The highest BCUT2D eigenvalue weighted by Gasteiger charge is 2.28. The fourth-order valence-corrected chi connectivity index (χ4v) is 4.16. The molecule has 0 spiro atoms. The molecule has 142 valence electrons. The molecule has 11 heteroatoms. The van der Waals surface area contributed by atoms with Gasteiger partial charge in [0.1, 0.15) is 0 Å². The molecule has 4 rings (SSSR count). The number of hydrogen-bond donors (Lipinski definition) is 2. The second-order valence-electron chi connectivity index (χ2n) is 6.31. The summed E-state index contributed by atoms with van der Waals surface area (Å²) in [5.41, 5.74) is 2.80. The van der Waals surface area contributed by atoms with Crippen LogP contribution < -0.4 is 14.8 Å². The van der Waals surface area contributed by atoms with Crippen LogP contribution in [-0.2, 0) is 29.4 Å². The van der Waals surface area contributed by atoms with Gasteiger partial charge in [-0.15, -0.1) is 0 Å². The van der Waals surface area contributed by atoms with Crippen molar-refractivity contribution in [2.24, 2.45) is 0 Å². The number of sulfonamides is 1. The van der Waals surface area contributed by atoms with Gasteiger partial charge in [0.25, 0.3) is 10.0 Å². The Morgan fingerprint density at radius 1 is 1.26 bits per heavy atom. The molecule has 0 aromatic carbocycles. The summed E-state index contributed by atoms with van der Waals surface area (Å²) in [4.78, 5) is 20.6. The van der Waals surface area contributed by atoms with Gasteiger partial charge in [0, 0.05) is 11.4 Å². The normalized spacial score (nSPS) is 15.4. The molecular weight excluding hydrogens is 372 g/mol. The fourth-order valence-electron chi connectivity index (χ4n) is 3.19. The first kappa shape index (κ1) is 17.5. The van der Waals surface area contributed by atoms with Crippen molar-refractivity contribution in [1.82, 2.24) is 24.5 Å². The second kappa shape index (κ2) is 6.65. The van der Waals surface area contributed by atoms with Crippen molar-refractivity contribution in [1.29, 1.82) is 0 Å². The third kappa shape index (κ3) is 3.37. The van der Waals surface area contributed by atoms with Gasteiger partial charge in [0.2, 0.25) is 11.8 Å². The van der Waals surface area contributed by atoms with Gasteiger partial charge in [-0.3, -0.25) is 5.32 Å². The number of allylic oxidation sites excluding steroid dienone is 1. The van der Waals surface area contributed by atoms with E-state index in [-0.39, 0.29) is 16.7 Å². The summed E-state index contributed by atoms with van der Waals surface area (Å²) in [5, 5.41) is 6.34. The summed E-state index contributed by atoms with van der Waals surface area (Å²) in [6, 6.07) is -0.948. The Morgan fingerprint density at radius 3 is 2.93 bits per heavy atom. The Labute approximate surface area is 155 Å². The Morgan fingerprint density at radius 2 is 2.07 bits per heavy atom. The van der Waals surface area contributed by atoms with Crippen LogP contribution >= 0.6 is 0 Å². The molecule has 0 bridgehead atoms. The Hall–Kier alpha value is -2.95. The minimum atomic E-state index is -4.17. The minimum Gasteiger partial charge on any atom is -0.446 e. The van der Waals surface area contributed by atoms with Gasteiger partial charge in [-0.25, -0.2) is 32.6 Å². The van der Waals surface area contributed by atoms with Crippen LogP contribution in [-0.4, -0.2) is 34.2 Å². The standard InChI is InChI=1S/C16H18N6O4S/c1-10-11-5-2-3-6-12(11)19-15(18-10)20-16(23)21-27(24,25)13-9-17-22-7-4-8-26-14(13)22/h4,8-9H,2-3,5-7H2,1H3,(H2,18,19,20,21,23). The smallest absolute Gasteiger partial charge is 0.335 e. The van der Waals surface area contributed by atoms with E-state index >= 15 is 0 Å². The van der Waals surface area contributed by atoms with E-state index in [1.807, 2.05) is 11.6 Å².